The molecule has 0 saturated carbocycles. The van der Waals surface area contributed by atoms with Crippen LogP contribution in [0.1, 0.15) is 35.2 Å². The second-order valence-corrected chi connectivity index (χ2v) is 6.49. The monoisotopic (exact) mass is 285 g/mol. The van der Waals surface area contributed by atoms with Crippen LogP contribution < -0.4 is 5.32 Å². The average Bonchev–Trinajstić information content (AvgIpc) is 2.94. The molecular formula is C13H16ClNS2. The van der Waals surface area contributed by atoms with Crippen LogP contribution in [0.2, 0.25) is 4.34 Å². The van der Waals surface area contributed by atoms with Crippen molar-refractivity contribution in [3.8, 4) is 0 Å². The quantitative estimate of drug-likeness (QED) is 0.838. The number of rotatable bonds is 5. The van der Waals surface area contributed by atoms with Gasteiger partial charge in [-0.25, -0.2) is 0 Å². The number of nitrogens with one attached hydrogen (secondary N) is 1. The van der Waals surface area contributed by atoms with Crippen LogP contribution in [0.15, 0.2) is 23.6 Å². The Kier molecular flexibility index (Phi) is 4.62. The Labute approximate surface area is 115 Å². The molecule has 1 N–H and O–H groups in total. The summed E-state index contributed by atoms with van der Waals surface area (Å²) in [5.74, 6) is 0. The van der Waals surface area contributed by atoms with E-state index in [-0.39, 0.29) is 0 Å². The molecule has 92 valence electrons. The van der Waals surface area contributed by atoms with Gasteiger partial charge < -0.3 is 5.32 Å². The largest absolute Gasteiger partial charge is 0.305 e. The van der Waals surface area contributed by atoms with Crippen LogP contribution in [0.4, 0.5) is 0 Å². The van der Waals surface area contributed by atoms with Crippen molar-refractivity contribution in [3.05, 3.63) is 43.2 Å². The molecule has 0 aromatic carbocycles. The summed E-state index contributed by atoms with van der Waals surface area (Å²) in [5, 5.41) is 5.73. The SMILES string of the molecule is CCNC(c1ccc(Cl)s1)c1sccc1CC. The van der Waals surface area contributed by atoms with E-state index in [0.29, 0.717) is 6.04 Å². The maximum Gasteiger partial charge on any atom is 0.0931 e. The van der Waals surface area contributed by atoms with E-state index in [1.165, 1.54) is 15.3 Å². The third kappa shape index (κ3) is 2.91. The van der Waals surface area contributed by atoms with E-state index in [9.17, 15) is 0 Å². The predicted octanol–water partition coefficient (Wildman–Crippen LogP) is 4.72. The van der Waals surface area contributed by atoms with Crippen LogP contribution >= 0.6 is 34.3 Å². The maximum atomic E-state index is 6.03. The Morgan fingerprint density at radius 2 is 2.12 bits per heavy atom. The van der Waals surface area contributed by atoms with Gasteiger partial charge in [0.1, 0.15) is 0 Å². The van der Waals surface area contributed by atoms with E-state index in [4.69, 9.17) is 11.6 Å². The van der Waals surface area contributed by atoms with E-state index in [2.05, 4.69) is 36.7 Å². The van der Waals surface area contributed by atoms with Gasteiger partial charge in [-0.1, -0.05) is 25.4 Å². The Morgan fingerprint density at radius 1 is 1.29 bits per heavy atom. The fourth-order valence-corrected chi connectivity index (χ4v) is 4.21. The molecule has 0 fully saturated rings. The van der Waals surface area contributed by atoms with Gasteiger partial charge in [-0.05, 0) is 42.1 Å². The molecule has 0 aliphatic heterocycles. The molecule has 0 bridgehead atoms. The normalized spacial score (nSPS) is 12.9. The van der Waals surface area contributed by atoms with Gasteiger partial charge in [0.15, 0.2) is 0 Å². The van der Waals surface area contributed by atoms with E-state index >= 15 is 0 Å². The molecule has 2 aromatic heterocycles. The first-order valence-electron chi connectivity index (χ1n) is 5.81. The molecule has 0 amide bonds. The highest BCUT2D eigenvalue weighted by atomic mass is 35.5. The van der Waals surface area contributed by atoms with Crippen molar-refractivity contribution in [1.82, 2.24) is 5.32 Å². The third-order valence-electron chi connectivity index (χ3n) is 2.71. The second kappa shape index (κ2) is 6.01. The minimum atomic E-state index is 0.299. The highest BCUT2D eigenvalue weighted by molar-refractivity contribution is 7.16. The second-order valence-electron chi connectivity index (χ2n) is 3.80. The fourth-order valence-electron chi connectivity index (χ4n) is 1.90. The number of halogens is 1. The zero-order valence-electron chi connectivity index (χ0n) is 10.00. The molecule has 0 aliphatic rings. The van der Waals surface area contributed by atoms with Crippen molar-refractivity contribution in [2.24, 2.45) is 0 Å². The van der Waals surface area contributed by atoms with Gasteiger partial charge >= 0.3 is 0 Å². The van der Waals surface area contributed by atoms with Gasteiger partial charge in [-0.3, -0.25) is 0 Å². The van der Waals surface area contributed by atoms with Crippen LogP contribution in [0, 0.1) is 0 Å². The van der Waals surface area contributed by atoms with Gasteiger partial charge in [-0.15, -0.1) is 22.7 Å². The molecule has 1 nitrogen and oxygen atoms in total. The summed E-state index contributed by atoms with van der Waals surface area (Å²) in [5.41, 5.74) is 1.44. The van der Waals surface area contributed by atoms with Gasteiger partial charge in [0.2, 0.25) is 0 Å². The van der Waals surface area contributed by atoms with Crippen LogP contribution in [0.25, 0.3) is 0 Å². The van der Waals surface area contributed by atoms with Crippen molar-refractivity contribution in [1.29, 1.82) is 0 Å². The Morgan fingerprint density at radius 3 is 2.71 bits per heavy atom. The predicted molar refractivity (Wildman–Crippen MR) is 78.5 cm³/mol. The van der Waals surface area contributed by atoms with Crippen LogP contribution in [0.3, 0.4) is 0 Å². The lowest BCUT2D eigenvalue weighted by atomic mass is 10.1. The van der Waals surface area contributed by atoms with Crippen LogP contribution in [-0.4, -0.2) is 6.54 Å². The van der Waals surface area contributed by atoms with Crippen LogP contribution in [0.5, 0.6) is 0 Å². The average molecular weight is 286 g/mol. The van der Waals surface area contributed by atoms with Crippen molar-refractivity contribution < 1.29 is 0 Å². The van der Waals surface area contributed by atoms with E-state index in [1.54, 1.807) is 11.3 Å². The zero-order valence-corrected chi connectivity index (χ0v) is 12.4. The summed E-state index contributed by atoms with van der Waals surface area (Å²) in [6, 6.07) is 6.62. The molecular weight excluding hydrogens is 270 g/mol. The first kappa shape index (κ1) is 13.1. The lowest BCUT2D eigenvalue weighted by molar-refractivity contribution is 0.644. The fraction of sp³-hybridized carbons (Fsp3) is 0.385. The minimum Gasteiger partial charge on any atom is -0.305 e. The van der Waals surface area contributed by atoms with Crippen molar-refractivity contribution in [2.45, 2.75) is 26.3 Å². The Bertz CT molecular complexity index is 475. The van der Waals surface area contributed by atoms with Gasteiger partial charge in [-0.2, -0.15) is 0 Å². The standard InChI is InChI=1S/C13H16ClNS2/c1-3-9-7-8-16-13(9)12(15-4-2)10-5-6-11(14)17-10/h5-8,12,15H,3-4H2,1-2H3. The molecule has 2 heterocycles. The summed E-state index contributed by atoms with van der Waals surface area (Å²) in [6.45, 7) is 5.30. The molecule has 2 rings (SSSR count). The number of hydrogen-bond acceptors (Lipinski definition) is 3. The zero-order chi connectivity index (χ0) is 12.3. The molecule has 1 atom stereocenters. The Balaban J connectivity index is 2.35. The summed E-state index contributed by atoms with van der Waals surface area (Å²) >= 11 is 9.52. The molecule has 1 unspecified atom stereocenters. The van der Waals surface area contributed by atoms with E-state index in [0.717, 1.165) is 17.3 Å². The molecule has 4 heteroatoms. The topological polar surface area (TPSA) is 12.0 Å². The molecule has 0 aliphatic carbocycles. The third-order valence-corrected chi connectivity index (χ3v) is 5.03. The molecule has 0 spiro atoms. The van der Waals surface area contributed by atoms with Crippen molar-refractivity contribution in [2.75, 3.05) is 6.54 Å². The lowest BCUT2D eigenvalue weighted by Gasteiger charge is -2.16. The van der Waals surface area contributed by atoms with Crippen molar-refractivity contribution >= 4 is 34.3 Å². The maximum absolute atomic E-state index is 6.03. The summed E-state index contributed by atoms with van der Waals surface area (Å²) in [7, 11) is 0. The van der Waals surface area contributed by atoms with Crippen molar-refractivity contribution in [3.63, 3.8) is 0 Å². The summed E-state index contributed by atoms with van der Waals surface area (Å²) < 4.78 is 0.859. The van der Waals surface area contributed by atoms with Gasteiger partial charge in [0.25, 0.3) is 0 Å². The molecule has 17 heavy (non-hydrogen) atoms. The van der Waals surface area contributed by atoms with E-state index < -0.39 is 0 Å². The molecule has 0 radical (unpaired) electrons. The van der Waals surface area contributed by atoms with Gasteiger partial charge in [0, 0.05) is 9.75 Å². The first-order valence-corrected chi connectivity index (χ1v) is 7.88. The smallest absolute Gasteiger partial charge is 0.0931 e. The molecule has 2 aromatic rings. The summed E-state index contributed by atoms with van der Waals surface area (Å²) in [6.07, 6.45) is 1.08. The first-order chi connectivity index (χ1) is 8.26. The minimum absolute atomic E-state index is 0.299. The van der Waals surface area contributed by atoms with Gasteiger partial charge in [0.05, 0.1) is 10.4 Å². The number of hydrogen-bond donors (Lipinski definition) is 1. The Hall–Kier alpha value is -0.350. The lowest BCUT2D eigenvalue weighted by Crippen LogP contribution is -2.21. The van der Waals surface area contributed by atoms with E-state index in [1.807, 2.05) is 17.4 Å². The summed E-state index contributed by atoms with van der Waals surface area (Å²) in [4.78, 5) is 2.72. The number of aryl methyl sites for hydroxylation is 1. The molecule has 0 saturated heterocycles. The van der Waals surface area contributed by atoms with Crippen LogP contribution in [-0.2, 0) is 6.42 Å². The highest BCUT2D eigenvalue weighted by Gasteiger charge is 2.18. The highest BCUT2D eigenvalue weighted by Crippen LogP contribution is 2.35. The number of thiophene rings is 2.